The number of fused-ring (bicyclic) bond motifs is 1. The molecule has 0 aromatic heterocycles. The Bertz CT molecular complexity index is 715. The Kier molecular flexibility index (Phi) is 17.3. The molecule has 0 saturated carbocycles. The second-order valence-corrected chi connectivity index (χ2v) is 14.1. The van der Waals surface area contributed by atoms with Crippen molar-refractivity contribution in [2.24, 2.45) is 0 Å². The SMILES string of the molecule is C[C](C)=[Zr+2].C[Si](C)(C)OCCOc1ccc[cH-]1.[Cl-].[Cl-].c1ccc2[cH-]ccc2c1. The van der Waals surface area contributed by atoms with E-state index in [1.165, 1.54) is 14.0 Å². The molecule has 0 aliphatic carbocycles. The second-order valence-electron chi connectivity index (χ2n) is 7.08. The Morgan fingerprint density at radius 3 is 2.07 bits per heavy atom. The van der Waals surface area contributed by atoms with Gasteiger partial charge in [-0.3, -0.25) is 0 Å². The van der Waals surface area contributed by atoms with E-state index in [9.17, 15) is 0 Å². The molecule has 6 heteroatoms. The van der Waals surface area contributed by atoms with Crippen molar-refractivity contribution in [3.05, 3.63) is 66.7 Å². The molecule has 0 radical (unpaired) electrons. The Balaban J connectivity index is 0. The van der Waals surface area contributed by atoms with Gasteiger partial charge in [0.1, 0.15) is 6.61 Å². The van der Waals surface area contributed by atoms with Crippen molar-refractivity contribution in [1.82, 2.24) is 0 Å². The number of ether oxygens (including phenoxy) is 1. The maximum absolute atomic E-state index is 5.64. The van der Waals surface area contributed by atoms with E-state index in [1.54, 1.807) is 24.2 Å². The van der Waals surface area contributed by atoms with Crippen molar-refractivity contribution in [1.29, 1.82) is 0 Å². The zero-order chi connectivity index (χ0) is 19.4. The molecule has 0 aliphatic rings. The van der Waals surface area contributed by atoms with E-state index >= 15 is 0 Å². The first-order chi connectivity index (χ1) is 12.3. The molecule has 0 N–H and O–H groups in total. The van der Waals surface area contributed by atoms with Gasteiger partial charge in [-0.05, 0) is 19.6 Å². The van der Waals surface area contributed by atoms with Gasteiger partial charge < -0.3 is 34.0 Å². The molecule has 3 rings (SSSR count). The maximum Gasteiger partial charge on any atom is 0.183 e. The first kappa shape index (κ1) is 29.7. The van der Waals surface area contributed by atoms with Crippen LogP contribution in [0.15, 0.2) is 66.7 Å². The summed E-state index contributed by atoms with van der Waals surface area (Å²) in [5, 5.41) is 2.66. The van der Waals surface area contributed by atoms with Gasteiger partial charge >= 0.3 is 41.3 Å². The molecule has 0 atom stereocenters. The number of rotatable bonds is 5. The predicted octanol–water partition coefficient (Wildman–Crippen LogP) is -0.0521. The third-order valence-corrected chi connectivity index (χ3v) is 4.14. The molecule has 0 fully saturated rings. The summed E-state index contributed by atoms with van der Waals surface area (Å²) in [6, 6.07) is 22.5. The van der Waals surface area contributed by atoms with Crippen LogP contribution >= 0.6 is 0 Å². The first-order valence-electron chi connectivity index (χ1n) is 8.88. The zero-order valence-electron chi connectivity index (χ0n) is 17.3. The molecular weight excluding hydrogens is 486 g/mol. The molecule has 3 aromatic rings. The standard InChI is InChI=1S/C10H17O2Si.C9H7.C3H6.2ClH.Zr/c1-13(2,3)12-9-8-11-10-6-4-5-7-10;1-2-5-9-7-3-6-8(9)4-1;1-3-2;;;/h4-7H,8-9H2,1-3H3;1-7H;1-2H3;2*1H;/q2*-1;;;;+2/p-2. The molecular formula is C22H30Cl2O2SiZr-2. The molecule has 28 heavy (non-hydrogen) atoms. The zero-order valence-corrected chi connectivity index (χ0v) is 22.3. The molecule has 0 spiro atoms. The number of hydrogen-bond donors (Lipinski definition) is 0. The summed E-state index contributed by atoms with van der Waals surface area (Å²) in [7, 11) is -1.36. The van der Waals surface area contributed by atoms with Crippen molar-refractivity contribution in [2.75, 3.05) is 13.2 Å². The molecule has 0 heterocycles. The van der Waals surface area contributed by atoms with Crippen LogP contribution in [0.5, 0.6) is 5.75 Å². The average Bonchev–Trinajstić information content (AvgIpc) is 3.22. The quantitative estimate of drug-likeness (QED) is 0.269. The van der Waals surface area contributed by atoms with Crippen LogP contribution in [-0.2, 0) is 28.7 Å². The fourth-order valence-corrected chi connectivity index (χ4v) is 2.73. The Morgan fingerprint density at radius 1 is 0.893 bits per heavy atom. The van der Waals surface area contributed by atoms with Crippen molar-refractivity contribution in [2.45, 2.75) is 33.5 Å². The summed E-state index contributed by atoms with van der Waals surface area (Å²) in [5.41, 5.74) is 0. The van der Waals surface area contributed by atoms with E-state index in [0.29, 0.717) is 13.2 Å². The Morgan fingerprint density at radius 2 is 1.54 bits per heavy atom. The normalized spacial score (nSPS) is 9.68. The van der Waals surface area contributed by atoms with Crippen LogP contribution in [0, 0.1) is 0 Å². The van der Waals surface area contributed by atoms with Gasteiger partial charge in [-0.2, -0.15) is 29.7 Å². The molecule has 0 amide bonds. The van der Waals surface area contributed by atoms with Crippen LogP contribution in [0.2, 0.25) is 19.6 Å². The molecule has 2 nitrogen and oxygen atoms in total. The average molecular weight is 517 g/mol. The summed E-state index contributed by atoms with van der Waals surface area (Å²) in [6.45, 7) is 12.1. The number of benzene rings is 1. The summed E-state index contributed by atoms with van der Waals surface area (Å²) in [6.07, 6.45) is 0. The fourth-order valence-electron chi connectivity index (χ4n) is 2.03. The van der Waals surface area contributed by atoms with Crippen LogP contribution in [0.3, 0.4) is 0 Å². The molecule has 0 unspecified atom stereocenters. The molecule has 0 saturated heterocycles. The summed E-state index contributed by atoms with van der Waals surface area (Å²) < 4.78 is 12.6. The van der Waals surface area contributed by atoms with Gasteiger partial charge in [0.25, 0.3) is 0 Å². The minimum atomic E-state index is -1.36. The minimum Gasteiger partial charge on any atom is -1.00 e. The van der Waals surface area contributed by atoms with E-state index in [0.717, 1.165) is 5.75 Å². The third-order valence-electron chi connectivity index (χ3n) is 3.07. The van der Waals surface area contributed by atoms with Gasteiger partial charge in [0, 0.05) is 5.75 Å². The predicted molar refractivity (Wildman–Crippen MR) is 113 cm³/mol. The van der Waals surface area contributed by atoms with Crippen LogP contribution < -0.4 is 29.6 Å². The fraction of sp³-hybridized carbons (Fsp3) is 0.318. The van der Waals surface area contributed by atoms with Gasteiger partial charge in [0.15, 0.2) is 8.32 Å². The monoisotopic (exact) mass is 514 g/mol. The van der Waals surface area contributed by atoms with Gasteiger partial charge in [0.2, 0.25) is 0 Å². The van der Waals surface area contributed by atoms with Crippen molar-refractivity contribution < 1.29 is 58.2 Å². The topological polar surface area (TPSA) is 18.5 Å². The second kappa shape index (κ2) is 16.3. The maximum atomic E-state index is 5.64. The summed E-state index contributed by atoms with van der Waals surface area (Å²) in [5.74, 6) is 0.930. The minimum absolute atomic E-state index is 0. The largest absolute Gasteiger partial charge is 1.00 e. The van der Waals surface area contributed by atoms with E-state index in [2.05, 4.69) is 76.0 Å². The van der Waals surface area contributed by atoms with Crippen LogP contribution in [0.4, 0.5) is 0 Å². The van der Waals surface area contributed by atoms with E-state index in [-0.39, 0.29) is 24.8 Å². The summed E-state index contributed by atoms with van der Waals surface area (Å²) >= 11 is 1.55. The van der Waals surface area contributed by atoms with Crippen molar-refractivity contribution in [3.63, 3.8) is 0 Å². The Hall–Kier alpha value is -0.510. The molecule has 0 bridgehead atoms. The van der Waals surface area contributed by atoms with Crippen LogP contribution in [0.25, 0.3) is 10.8 Å². The molecule has 154 valence electrons. The van der Waals surface area contributed by atoms with Crippen molar-refractivity contribution >= 4 is 22.3 Å². The molecule has 3 aromatic carbocycles. The van der Waals surface area contributed by atoms with Gasteiger partial charge in [-0.1, -0.05) is 6.07 Å². The first-order valence-corrected chi connectivity index (χ1v) is 13.5. The van der Waals surface area contributed by atoms with Gasteiger partial charge in [-0.15, -0.1) is 35.7 Å². The smallest absolute Gasteiger partial charge is 0.183 e. The van der Waals surface area contributed by atoms with Crippen molar-refractivity contribution in [3.8, 4) is 5.75 Å². The van der Waals surface area contributed by atoms with Crippen LogP contribution in [-0.4, -0.2) is 24.7 Å². The third kappa shape index (κ3) is 15.4. The van der Waals surface area contributed by atoms with E-state index in [1.807, 2.05) is 24.3 Å². The molecule has 0 aliphatic heterocycles. The van der Waals surface area contributed by atoms with Gasteiger partial charge in [0.05, 0.1) is 6.61 Å². The number of halogens is 2. The van der Waals surface area contributed by atoms with Gasteiger partial charge in [-0.25, -0.2) is 6.07 Å². The van der Waals surface area contributed by atoms with E-state index in [4.69, 9.17) is 9.16 Å². The van der Waals surface area contributed by atoms with E-state index < -0.39 is 8.32 Å². The van der Waals surface area contributed by atoms with Crippen LogP contribution in [0.1, 0.15) is 13.8 Å². The Labute approximate surface area is 198 Å². The summed E-state index contributed by atoms with van der Waals surface area (Å²) in [4.78, 5) is 0. The number of hydrogen-bond acceptors (Lipinski definition) is 2.